The fourth-order valence-electron chi connectivity index (χ4n) is 1.44. The van der Waals surface area contributed by atoms with Crippen LogP contribution in [0.15, 0.2) is 0 Å². The Morgan fingerprint density at radius 3 is 2.64 bits per heavy atom. The Morgan fingerprint density at radius 1 is 1.43 bits per heavy atom. The van der Waals surface area contributed by atoms with Gasteiger partial charge in [-0.05, 0) is 36.9 Å². The van der Waals surface area contributed by atoms with Gasteiger partial charge in [0.15, 0.2) is 0 Å². The Labute approximate surface area is 90.7 Å². The molecule has 0 spiro atoms. The summed E-state index contributed by atoms with van der Waals surface area (Å²) >= 11 is 4.25. The van der Waals surface area contributed by atoms with Crippen molar-refractivity contribution in [2.24, 2.45) is 5.41 Å². The first-order valence-electron chi connectivity index (χ1n) is 5.21. The third-order valence-corrected chi connectivity index (χ3v) is 3.41. The van der Waals surface area contributed by atoms with Crippen molar-refractivity contribution in [3.63, 3.8) is 0 Å². The highest BCUT2D eigenvalue weighted by atomic mass is 32.1. The largest absolute Gasteiger partial charge is 0.396 e. The quantitative estimate of drug-likeness (QED) is 0.440. The van der Waals surface area contributed by atoms with Crippen molar-refractivity contribution in [1.29, 1.82) is 0 Å². The molecule has 0 aromatic rings. The summed E-state index contributed by atoms with van der Waals surface area (Å²) in [6.07, 6.45) is 4.52. The first-order chi connectivity index (χ1) is 6.72. The lowest BCUT2D eigenvalue weighted by Crippen LogP contribution is -2.27. The van der Waals surface area contributed by atoms with Crippen LogP contribution >= 0.6 is 12.6 Å². The van der Waals surface area contributed by atoms with Crippen molar-refractivity contribution < 1.29 is 9.90 Å². The van der Waals surface area contributed by atoms with Crippen LogP contribution in [0, 0.1) is 5.41 Å². The molecule has 0 radical (unpaired) electrons. The normalized spacial score (nSPS) is 17.9. The summed E-state index contributed by atoms with van der Waals surface area (Å²) in [6, 6.07) is 0. The Kier molecular flexibility index (Phi) is 4.75. The van der Waals surface area contributed by atoms with E-state index in [1.807, 2.05) is 0 Å². The van der Waals surface area contributed by atoms with Crippen molar-refractivity contribution >= 4 is 18.5 Å². The van der Waals surface area contributed by atoms with Gasteiger partial charge in [0.05, 0.1) is 0 Å². The van der Waals surface area contributed by atoms with Crippen molar-refractivity contribution in [3.05, 3.63) is 0 Å². The number of aliphatic hydroxyl groups excluding tert-OH is 1. The predicted molar refractivity (Wildman–Crippen MR) is 59.5 cm³/mol. The van der Waals surface area contributed by atoms with E-state index in [9.17, 15) is 4.79 Å². The first-order valence-corrected chi connectivity index (χ1v) is 5.84. The zero-order valence-electron chi connectivity index (χ0n) is 8.46. The highest BCUT2D eigenvalue weighted by molar-refractivity contribution is 7.80. The summed E-state index contributed by atoms with van der Waals surface area (Å²) in [5, 5.41) is 11.4. The molecule has 3 nitrogen and oxygen atoms in total. The SMILES string of the molecule is O=C(CC1(CS)CC1)NCCCCO. The maximum absolute atomic E-state index is 11.4. The molecule has 0 aliphatic heterocycles. The molecular weight excluding hydrogens is 198 g/mol. The standard InChI is InChI=1S/C10H19NO2S/c12-6-2-1-5-11-9(13)7-10(8-14)3-4-10/h12,14H,1-8H2,(H,11,13). The van der Waals surface area contributed by atoms with Gasteiger partial charge in [-0.3, -0.25) is 4.79 Å². The van der Waals surface area contributed by atoms with E-state index in [-0.39, 0.29) is 17.9 Å². The number of hydrogen-bond donors (Lipinski definition) is 3. The van der Waals surface area contributed by atoms with E-state index in [4.69, 9.17) is 5.11 Å². The maximum Gasteiger partial charge on any atom is 0.220 e. The topological polar surface area (TPSA) is 49.3 Å². The molecule has 0 aromatic heterocycles. The zero-order valence-corrected chi connectivity index (χ0v) is 9.35. The van der Waals surface area contributed by atoms with Gasteiger partial charge in [-0.2, -0.15) is 12.6 Å². The first kappa shape index (κ1) is 11.9. The molecule has 82 valence electrons. The Hall–Kier alpha value is -0.220. The Morgan fingerprint density at radius 2 is 2.14 bits per heavy atom. The minimum atomic E-state index is 0.134. The molecule has 4 heteroatoms. The van der Waals surface area contributed by atoms with Gasteiger partial charge < -0.3 is 10.4 Å². The molecule has 0 unspecified atom stereocenters. The second-order valence-electron chi connectivity index (χ2n) is 4.12. The van der Waals surface area contributed by atoms with Gasteiger partial charge in [0.25, 0.3) is 0 Å². The van der Waals surface area contributed by atoms with E-state index in [0.717, 1.165) is 31.4 Å². The molecule has 1 aliphatic rings. The number of carbonyl (C=O) groups is 1. The lowest BCUT2D eigenvalue weighted by Gasteiger charge is -2.11. The number of unbranched alkanes of at least 4 members (excludes halogenated alkanes) is 1. The number of nitrogens with one attached hydrogen (secondary N) is 1. The van der Waals surface area contributed by atoms with Crippen molar-refractivity contribution in [2.45, 2.75) is 32.1 Å². The second-order valence-corrected chi connectivity index (χ2v) is 4.43. The fourth-order valence-corrected chi connectivity index (χ4v) is 1.86. The average Bonchev–Trinajstić information content (AvgIpc) is 2.93. The van der Waals surface area contributed by atoms with Crippen molar-refractivity contribution in [1.82, 2.24) is 5.32 Å². The molecule has 0 saturated heterocycles. The van der Waals surface area contributed by atoms with Gasteiger partial charge in [0, 0.05) is 19.6 Å². The summed E-state index contributed by atoms with van der Waals surface area (Å²) in [5.41, 5.74) is 0.212. The minimum absolute atomic E-state index is 0.134. The minimum Gasteiger partial charge on any atom is -0.396 e. The van der Waals surface area contributed by atoms with Gasteiger partial charge in [-0.15, -0.1) is 0 Å². The van der Waals surface area contributed by atoms with E-state index < -0.39 is 0 Å². The van der Waals surface area contributed by atoms with Gasteiger partial charge in [0.1, 0.15) is 0 Å². The van der Waals surface area contributed by atoms with Crippen LogP contribution in [0.3, 0.4) is 0 Å². The smallest absolute Gasteiger partial charge is 0.220 e. The number of rotatable bonds is 7. The second kappa shape index (κ2) is 5.61. The molecule has 1 rings (SSSR count). The van der Waals surface area contributed by atoms with E-state index in [2.05, 4.69) is 17.9 Å². The monoisotopic (exact) mass is 217 g/mol. The number of hydrogen-bond acceptors (Lipinski definition) is 3. The van der Waals surface area contributed by atoms with Crippen LogP contribution in [0.2, 0.25) is 0 Å². The van der Waals surface area contributed by atoms with Crippen LogP contribution in [0.1, 0.15) is 32.1 Å². The molecular formula is C10H19NO2S. The lowest BCUT2D eigenvalue weighted by molar-refractivity contribution is -0.122. The molecule has 1 aliphatic carbocycles. The summed E-state index contributed by atoms with van der Waals surface area (Å²) < 4.78 is 0. The highest BCUT2D eigenvalue weighted by Gasteiger charge is 2.42. The lowest BCUT2D eigenvalue weighted by atomic mass is 10.1. The highest BCUT2D eigenvalue weighted by Crippen LogP contribution is 2.49. The van der Waals surface area contributed by atoms with Crippen LogP contribution < -0.4 is 5.32 Å². The number of thiol groups is 1. The molecule has 2 N–H and O–H groups in total. The molecule has 1 fully saturated rings. The Balaban J connectivity index is 2.04. The van der Waals surface area contributed by atoms with Crippen LogP contribution in [-0.4, -0.2) is 29.9 Å². The van der Waals surface area contributed by atoms with E-state index in [0.29, 0.717) is 13.0 Å². The van der Waals surface area contributed by atoms with Crippen molar-refractivity contribution in [3.8, 4) is 0 Å². The molecule has 0 atom stereocenters. The summed E-state index contributed by atoms with van der Waals surface area (Å²) in [4.78, 5) is 11.4. The molecule has 1 amide bonds. The molecule has 0 bridgehead atoms. The van der Waals surface area contributed by atoms with Crippen molar-refractivity contribution in [2.75, 3.05) is 18.9 Å². The predicted octanol–water partition coefficient (Wildman–Crippen LogP) is 0.975. The maximum atomic E-state index is 11.4. The molecule has 1 saturated carbocycles. The molecule has 0 aromatic carbocycles. The third kappa shape index (κ3) is 3.88. The van der Waals surface area contributed by atoms with Crippen LogP contribution in [-0.2, 0) is 4.79 Å². The number of amides is 1. The van der Waals surface area contributed by atoms with E-state index >= 15 is 0 Å². The molecule has 14 heavy (non-hydrogen) atoms. The molecule has 0 heterocycles. The van der Waals surface area contributed by atoms with E-state index in [1.165, 1.54) is 0 Å². The van der Waals surface area contributed by atoms with Crippen LogP contribution in [0.5, 0.6) is 0 Å². The summed E-state index contributed by atoms with van der Waals surface area (Å²) in [6.45, 7) is 0.887. The Bertz CT molecular complexity index is 193. The fraction of sp³-hybridized carbons (Fsp3) is 0.900. The van der Waals surface area contributed by atoms with Gasteiger partial charge >= 0.3 is 0 Å². The van der Waals surface area contributed by atoms with Gasteiger partial charge in [0.2, 0.25) is 5.91 Å². The van der Waals surface area contributed by atoms with Gasteiger partial charge in [-0.25, -0.2) is 0 Å². The summed E-state index contributed by atoms with van der Waals surface area (Å²) in [5.74, 6) is 0.950. The van der Waals surface area contributed by atoms with Crippen LogP contribution in [0.25, 0.3) is 0 Å². The van der Waals surface area contributed by atoms with Crippen LogP contribution in [0.4, 0.5) is 0 Å². The van der Waals surface area contributed by atoms with E-state index in [1.54, 1.807) is 0 Å². The average molecular weight is 217 g/mol. The zero-order chi connectivity index (χ0) is 10.4. The summed E-state index contributed by atoms with van der Waals surface area (Å²) in [7, 11) is 0. The van der Waals surface area contributed by atoms with Gasteiger partial charge in [-0.1, -0.05) is 0 Å². The number of carbonyl (C=O) groups excluding carboxylic acids is 1. The number of aliphatic hydroxyl groups is 1. The third-order valence-electron chi connectivity index (χ3n) is 2.74.